The zero-order valence-electron chi connectivity index (χ0n) is 42.2. The zero-order valence-corrected chi connectivity index (χ0v) is 43.2. The van der Waals surface area contributed by atoms with Gasteiger partial charge in [-0.2, -0.15) is 13.2 Å². The summed E-state index contributed by atoms with van der Waals surface area (Å²) in [6, 6.07) is 23.8. The number of fused-ring (bicyclic) bond motifs is 8. The maximum Gasteiger partial charge on any atom is 0.681 e. The molecule has 14 heteroatoms. The minimum absolute atomic E-state index is 0.139. The Kier molecular flexibility index (Phi) is 13.3. The van der Waals surface area contributed by atoms with Crippen molar-refractivity contribution in [3.05, 3.63) is 118 Å². The van der Waals surface area contributed by atoms with Gasteiger partial charge >= 0.3 is 15.2 Å². The quantitative estimate of drug-likeness (QED) is 0.0840. The fraction of sp³-hybridized carbons (Fsp3) is 0.455. The lowest BCUT2D eigenvalue weighted by Gasteiger charge is -2.41. The molecule has 1 fully saturated rings. The largest absolute Gasteiger partial charge is 0.681 e. The van der Waals surface area contributed by atoms with Crippen LogP contribution in [0.3, 0.4) is 0 Å². The second-order valence-corrected chi connectivity index (χ2v) is 23.2. The van der Waals surface area contributed by atoms with Gasteiger partial charge in [-0.1, -0.05) is 50.3 Å². The molecule has 1 saturated heterocycles. The lowest BCUT2D eigenvalue weighted by atomic mass is 9.76. The van der Waals surface area contributed by atoms with Gasteiger partial charge in [-0.15, -0.1) is 0 Å². The van der Waals surface area contributed by atoms with E-state index in [0.717, 1.165) is 49.8 Å². The molecule has 3 aliphatic rings. The lowest BCUT2D eigenvalue weighted by Crippen LogP contribution is -2.59. The molecule has 1 aliphatic carbocycles. The van der Waals surface area contributed by atoms with Crippen molar-refractivity contribution in [3.8, 4) is 34.1 Å². The first-order valence-corrected chi connectivity index (χ1v) is 25.2. The van der Waals surface area contributed by atoms with Crippen molar-refractivity contribution in [3.63, 3.8) is 0 Å². The minimum atomic E-state index is -4.51. The van der Waals surface area contributed by atoms with Crippen molar-refractivity contribution in [2.24, 2.45) is 0 Å². The molecule has 0 saturated carbocycles. The Morgan fingerprint density at radius 1 is 0.681 bits per heavy atom. The highest BCUT2D eigenvalue weighted by Crippen LogP contribution is 2.60. The first-order chi connectivity index (χ1) is 32.3. The van der Waals surface area contributed by atoms with Crippen LogP contribution in [0.15, 0.2) is 84.9 Å². The topological polar surface area (TPSA) is 86.3 Å². The van der Waals surface area contributed by atoms with Gasteiger partial charge in [0.15, 0.2) is 5.60 Å². The number of ether oxygens (including phenoxy) is 5. The van der Waals surface area contributed by atoms with Crippen molar-refractivity contribution in [1.29, 1.82) is 0 Å². The van der Waals surface area contributed by atoms with Gasteiger partial charge in [-0.25, -0.2) is 0 Å². The van der Waals surface area contributed by atoms with Crippen LogP contribution >= 0.6 is 0 Å². The van der Waals surface area contributed by atoms with Gasteiger partial charge in [0.1, 0.15) is 29.6 Å². The number of hydrogen-bond acceptors (Lipinski definition) is 10. The van der Waals surface area contributed by atoms with Crippen LogP contribution in [-0.2, 0) is 39.6 Å². The van der Waals surface area contributed by atoms with Gasteiger partial charge in [0.05, 0.1) is 62.1 Å². The Bertz CT molecular complexity index is 2670. The Labute approximate surface area is 406 Å². The van der Waals surface area contributed by atoms with Crippen LogP contribution in [0.1, 0.15) is 110 Å². The van der Waals surface area contributed by atoms with Crippen LogP contribution in [0.4, 0.5) is 18.9 Å². The van der Waals surface area contributed by atoms with Gasteiger partial charge in [0, 0.05) is 40.6 Å². The third kappa shape index (κ3) is 10.2. The molecular formula is C55H66F3NO9Si. The molecule has 2 aliphatic heterocycles. The molecule has 10 nitrogen and oxygen atoms in total. The number of morpholine rings is 1. The molecule has 370 valence electrons. The molecule has 0 bridgehead atoms. The Morgan fingerprint density at radius 2 is 1.26 bits per heavy atom. The highest BCUT2D eigenvalue weighted by molar-refractivity contribution is 6.54. The molecule has 8 rings (SSSR count). The van der Waals surface area contributed by atoms with E-state index in [9.17, 15) is 13.2 Å². The summed E-state index contributed by atoms with van der Waals surface area (Å²) < 4.78 is 100. The van der Waals surface area contributed by atoms with Gasteiger partial charge < -0.3 is 46.3 Å². The van der Waals surface area contributed by atoms with E-state index in [1.165, 1.54) is 12.1 Å². The Morgan fingerprint density at radius 3 is 1.80 bits per heavy atom. The molecule has 5 aromatic carbocycles. The fourth-order valence-corrected chi connectivity index (χ4v) is 12.5. The third-order valence-electron chi connectivity index (χ3n) is 12.3. The predicted molar refractivity (Wildman–Crippen MR) is 266 cm³/mol. The van der Waals surface area contributed by atoms with E-state index in [1.807, 2.05) is 137 Å². The molecule has 0 N–H and O–H groups in total. The number of anilines is 1. The highest BCUT2D eigenvalue weighted by Gasteiger charge is 2.54. The van der Waals surface area contributed by atoms with Gasteiger partial charge in [0.2, 0.25) is 0 Å². The molecule has 1 unspecified atom stereocenters. The molecule has 2 heterocycles. The lowest BCUT2D eigenvalue weighted by molar-refractivity contribution is -0.138. The SMILES string of the molecule is COc1ccc(C2(c3ccc(OCCO[Si](OC(C)(C)C)(OC(C)(C)C)OC(C)(C)C)cc3)C=Cc3c4c(c5cc(N6CCOCC6)c(OC)cc5c3O2)-c2ccc(C(F)(F)F)cc2C4(C)C)cc1. The monoisotopic (exact) mass is 969 g/mol. The summed E-state index contributed by atoms with van der Waals surface area (Å²) in [5.41, 5.74) is 1.91. The summed E-state index contributed by atoms with van der Waals surface area (Å²) in [6.45, 7) is 24.3. The molecule has 0 spiro atoms. The number of halogens is 3. The maximum absolute atomic E-state index is 14.4. The summed E-state index contributed by atoms with van der Waals surface area (Å²) in [5, 5.41) is 1.62. The van der Waals surface area contributed by atoms with E-state index in [-0.39, 0.29) is 13.2 Å². The summed E-state index contributed by atoms with van der Waals surface area (Å²) in [6.07, 6.45) is -0.403. The number of hydrogen-bond donors (Lipinski definition) is 0. The van der Waals surface area contributed by atoms with Crippen LogP contribution in [0, 0.1) is 0 Å². The average molecular weight is 970 g/mol. The molecule has 1 atom stereocenters. The molecule has 69 heavy (non-hydrogen) atoms. The van der Waals surface area contributed by atoms with Crippen LogP contribution in [0.2, 0.25) is 0 Å². The summed E-state index contributed by atoms with van der Waals surface area (Å²) in [5.74, 6) is 2.52. The van der Waals surface area contributed by atoms with Crippen LogP contribution in [0.25, 0.3) is 28.0 Å². The van der Waals surface area contributed by atoms with Crippen molar-refractivity contribution >= 4 is 31.6 Å². The maximum atomic E-state index is 14.4. The van der Waals surface area contributed by atoms with Crippen molar-refractivity contribution < 1.29 is 54.6 Å². The highest BCUT2D eigenvalue weighted by atomic mass is 28.4. The number of benzene rings is 5. The van der Waals surface area contributed by atoms with Crippen LogP contribution in [-0.4, -0.2) is 79.6 Å². The molecule has 0 radical (unpaired) electrons. The van der Waals surface area contributed by atoms with E-state index in [2.05, 4.69) is 17.0 Å². The van der Waals surface area contributed by atoms with E-state index in [0.29, 0.717) is 54.9 Å². The van der Waals surface area contributed by atoms with Crippen LogP contribution < -0.4 is 23.8 Å². The van der Waals surface area contributed by atoms with Crippen molar-refractivity contribution in [2.75, 3.05) is 58.6 Å². The summed E-state index contributed by atoms with van der Waals surface area (Å²) in [7, 11) is -0.436. The van der Waals surface area contributed by atoms with E-state index in [4.69, 9.17) is 41.4 Å². The molecule has 5 aromatic rings. The Hall–Kier alpha value is -5.09. The second-order valence-electron chi connectivity index (χ2n) is 21.3. The van der Waals surface area contributed by atoms with Gasteiger partial charge in [-0.3, -0.25) is 0 Å². The van der Waals surface area contributed by atoms with E-state index >= 15 is 0 Å². The first kappa shape index (κ1) is 50.3. The average Bonchev–Trinajstić information content (AvgIpc) is 3.51. The standard InChI is InChI=1S/C55H66F3NO9Si/c1-50(2,3)66-69(67-51(4,5)6,68-52(7,8)9)64-31-30-63-39-21-16-36(17-22-39)54(35-14-19-38(60-12)20-15-35)25-24-41-48-47(40-23-18-37(55(56,57)58)32-44(40)53(48,10)11)42-33-45(59-26-28-62-29-27-59)46(61-13)34-43(42)49(41)65-54/h14-25,32-34H,26-31H2,1-13H3. The van der Waals surface area contributed by atoms with E-state index < -0.39 is 48.6 Å². The number of nitrogens with zero attached hydrogens (tertiary/aromatic N) is 1. The van der Waals surface area contributed by atoms with E-state index in [1.54, 1.807) is 20.3 Å². The number of rotatable bonds is 13. The van der Waals surface area contributed by atoms with Gasteiger partial charge in [0.25, 0.3) is 0 Å². The van der Waals surface area contributed by atoms with Crippen molar-refractivity contribution in [1.82, 2.24) is 0 Å². The van der Waals surface area contributed by atoms with Crippen molar-refractivity contribution in [2.45, 2.75) is 110 Å². The Balaban J connectivity index is 1.21. The minimum Gasteiger partial charge on any atom is -0.497 e. The first-order valence-electron chi connectivity index (χ1n) is 23.5. The molecule has 0 aromatic heterocycles. The molecule has 0 amide bonds. The third-order valence-corrected chi connectivity index (χ3v) is 15.5. The summed E-state index contributed by atoms with van der Waals surface area (Å²) >= 11 is 0. The van der Waals surface area contributed by atoms with Crippen LogP contribution in [0.5, 0.6) is 23.0 Å². The summed E-state index contributed by atoms with van der Waals surface area (Å²) in [4.78, 5) is 2.23. The predicted octanol–water partition coefficient (Wildman–Crippen LogP) is 12.6. The smallest absolute Gasteiger partial charge is 0.497 e. The second kappa shape index (κ2) is 18.3. The normalized spacial score (nSPS) is 18.1. The zero-order chi connectivity index (χ0) is 50.0. The molecular weight excluding hydrogens is 904 g/mol. The number of alkyl halides is 3. The van der Waals surface area contributed by atoms with Gasteiger partial charge in [-0.05, 0) is 145 Å². The number of methoxy groups -OCH3 is 2. The fourth-order valence-electron chi connectivity index (χ4n) is 9.61.